The van der Waals surface area contributed by atoms with Crippen molar-refractivity contribution in [2.24, 2.45) is 23.2 Å². The second-order valence-corrected chi connectivity index (χ2v) is 7.81. The third-order valence-corrected chi connectivity index (χ3v) is 5.99. The smallest absolute Gasteiger partial charge is 0.315 e. The summed E-state index contributed by atoms with van der Waals surface area (Å²) >= 11 is 0. The van der Waals surface area contributed by atoms with Gasteiger partial charge in [0.25, 0.3) is 0 Å². The first-order valence-corrected chi connectivity index (χ1v) is 8.61. The van der Waals surface area contributed by atoms with Gasteiger partial charge in [0.15, 0.2) is 0 Å². The van der Waals surface area contributed by atoms with E-state index in [9.17, 15) is 4.79 Å². The Hall–Kier alpha value is -1.58. The Morgan fingerprint density at radius 3 is 2.23 bits per heavy atom. The highest BCUT2D eigenvalue weighted by Gasteiger charge is 2.50. The monoisotopic (exact) mass is 299 g/mol. The molecule has 0 radical (unpaired) electrons. The first-order chi connectivity index (χ1) is 10.7. The van der Waals surface area contributed by atoms with E-state index in [1.165, 1.54) is 38.5 Å². The van der Waals surface area contributed by atoms with Gasteiger partial charge in [-0.2, -0.15) is 0 Å². The zero-order valence-corrected chi connectivity index (χ0v) is 13.1. The standard InChI is InChI=1S/C18H25N3O/c22-17(20-11-13-1-3-19-4-2-13)21-12-18-8-14-5-15(9-18)7-16(6-14)10-18/h1-4,14-16H,5-12H2,(H2,20,21,22). The highest BCUT2D eigenvalue weighted by Crippen LogP contribution is 2.59. The molecule has 4 heteroatoms. The number of amides is 2. The van der Waals surface area contributed by atoms with Crippen molar-refractivity contribution in [2.45, 2.75) is 45.1 Å². The van der Waals surface area contributed by atoms with Crippen LogP contribution in [0.1, 0.15) is 44.1 Å². The minimum absolute atomic E-state index is 0.0347. The lowest BCUT2D eigenvalue weighted by atomic mass is 9.49. The lowest BCUT2D eigenvalue weighted by Gasteiger charge is -2.56. The topological polar surface area (TPSA) is 54.0 Å². The van der Waals surface area contributed by atoms with E-state index in [1.54, 1.807) is 12.4 Å². The number of hydrogen-bond donors (Lipinski definition) is 2. The van der Waals surface area contributed by atoms with Gasteiger partial charge in [-0.15, -0.1) is 0 Å². The normalized spacial score (nSPS) is 35.4. The van der Waals surface area contributed by atoms with Crippen LogP contribution >= 0.6 is 0 Å². The molecule has 0 aromatic carbocycles. The number of nitrogens with zero attached hydrogens (tertiary/aromatic N) is 1. The van der Waals surface area contributed by atoms with Gasteiger partial charge in [-0.1, -0.05) is 0 Å². The number of urea groups is 1. The molecular formula is C18H25N3O. The van der Waals surface area contributed by atoms with E-state index in [4.69, 9.17) is 0 Å². The van der Waals surface area contributed by atoms with Gasteiger partial charge >= 0.3 is 6.03 Å². The first kappa shape index (κ1) is 14.0. The summed E-state index contributed by atoms with van der Waals surface area (Å²) in [5, 5.41) is 6.10. The van der Waals surface area contributed by atoms with Crippen LogP contribution < -0.4 is 10.6 Å². The molecule has 1 aromatic rings. The number of nitrogens with one attached hydrogen (secondary N) is 2. The number of hydrogen-bond acceptors (Lipinski definition) is 2. The largest absolute Gasteiger partial charge is 0.338 e. The summed E-state index contributed by atoms with van der Waals surface area (Å²) in [4.78, 5) is 16.1. The number of carbonyl (C=O) groups excluding carboxylic acids is 1. The molecule has 0 unspecified atom stereocenters. The SMILES string of the molecule is O=C(NCc1ccncc1)NCC12CC3CC(CC(C3)C1)C2. The Balaban J connectivity index is 1.28. The summed E-state index contributed by atoms with van der Waals surface area (Å²) in [5.74, 6) is 2.81. The van der Waals surface area contributed by atoms with E-state index in [-0.39, 0.29) is 6.03 Å². The highest BCUT2D eigenvalue weighted by atomic mass is 16.2. The van der Waals surface area contributed by atoms with Crippen LogP contribution in [0.25, 0.3) is 0 Å². The lowest BCUT2D eigenvalue weighted by molar-refractivity contribution is -0.0498. The van der Waals surface area contributed by atoms with Crippen molar-refractivity contribution in [1.29, 1.82) is 0 Å². The van der Waals surface area contributed by atoms with E-state index in [2.05, 4.69) is 15.6 Å². The predicted molar refractivity (Wildman–Crippen MR) is 85.1 cm³/mol. The minimum atomic E-state index is -0.0347. The molecule has 0 saturated heterocycles. The van der Waals surface area contributed by atoms with Gasteiger partial charge in [0.1, 0.15) is 0 Å². The van der Waals surface area contributed by atoms with Crippen LogP contribution in [0.2, 0.25) is 0 Å². The third-order valence-electron chi connectivity index (χ3n) is 5.99. The van der Waals surface area contributed by atoms with Gasteiger partial charge in [0, 0.05) is 25.5 Å². The minimum Gasteiger partial charge on any atom is -0.338 e. The highest BCUT2D eigenvalue weighted by molar-refractivity contribution is 5.73. The Bertz CT molecular complexity index is 507. The first-order valence-electron chi connectivity index (χ1n) is 8.61. The number of rotatable bonds is 4. The van der Waals surface area contributed by atoms with Gasteiger partial charge in [-0.05, 0) is 79.4 Å². The molecule has 4 nitrogen and oxygen atoms in total. The zero-order valence-electron chi connectivity index (χ0n) is 13.1. The van der Waals surface area contributed by atoms with Crippen LogP contribution in [-0.4, -0.2) is 17.6 Å². The summed E-state index contributed by atoms with van der Waals surface area (Å²) in [6, 6.07) is 3.83. The average molecular weight is 299 g/mol. The van der Waals surface area contributed by atoms with Gasteiger partial charge in [0.2, 0.25) is 0 Å². The van der Waals surface area contributed by atoms with Crippen molar-refractivity contribution in [3.8, 4) is 0 Å². The summed E-state index contributed by atoms with van der Waals surface area (Å²) in [7, 11) is 0. The maximum atomic E-state index is 12.1. The molecule has 0 spiro atoms. The molecule has 1 aromatic heterocycles. The van der Waals surface area contributed by atoms with Gasteiger partial charge in [0.05, 0.1) is 0 Å². The summed E-state index contributed by atoms with van der Waals surface area (Å²) in [6.45, 7) is 1.42. The Morgan fingerprint density at radius 1 is 1.05 bits per heavy atom. The molecule has 2 amide bonds. The average Bonchev–Trinajstić information content (AvgIpc) is 2.51. The molecule has 0 atom stereocenters. The molecule has 118 valence electrons. The molecule has 0 aliphatic heterocycles. The van der Waals surface area contributed by atoms with E-state index in [1.807, 2.05) is 12.1 Å². The summed E-state index contributed by atoms with van der Waals surface area (Å²) < 4.78 is 0. The van der Waals surface area contributed by atoms with Crippen LogP contribution in [0.4, 0.5) is 4.79 Å². The van der Waals surface area contributed by atoms with Crippen molar-refractivity contribution in [1.82, 2.24) is 15.6 Å². The fourth-order valence-corrected chi connectivity index (χ4v) is 5.52. The van der Waals surface area contributed by atoms with Gasteiger partial charge < -0.3 is 10.6 Å². The van der Waals surface area contributed by atoms with Crippen molar-refractivity contribution in [3.05, 3.63) is 30.1 Å². The van der Waals surface area contributed by atoms with Crippen LogP contribution in [0.5, 0.6) is 0 Å². The van der Waals surface area contributed by atoms with E-state index < -0.39 is 0 Å². The Labute approximate surface area is 132 Å². The lowest BCUT2D eigenvalue weighted by Crippen LogP contribution is -2.52. The van der Waals surface area contributed by atoms with Gasteiger partial charge in [-0.3, -0.25) is 4.98 Å². The van der Waals surface area contributed by atoms with E-state index in [0.717, 1.165) is 29.9 Å². The maximum Gasteiger partial charge on any atom is 0.315 e. The van der Waals surface area contributed by atoms with E-state index in [0.29, 0.717) is 12.0 Å². The Kier molecular flexibility index (Phi) is 3.55. The molecule has 2 N–H and O–H groups in total. The number of carbonyl (C=O) groups is 1. The molecule has 4 saturated carbocycles. The molecule has 22 heavy (non-hydrogen) atoms. The van der Waals surface area contributed by atoms with Crippen LogP contribution in [0, 0.1) is 23.2 Å². The van der Waals surface area contributed by atoms with Crippen molar-refractivity contribution >= 4 is 6.03 Å². The fourth-order valence-electron chi connectivity index (χ4n) is 5.52. The zero-order chi connectivity index (χ0) is 15.0. The Morgan fingerprint density at radius 2 is 1.64 bits per heavy atom. The maximum absolute atomic E-state index is 12.1. The van der Waals surface area contributed by atoms with Crippen LogP contribution in [0.3, 0.4) is 0 Å². The van der Waals surface area contributed by atoms with Crippen LogP contribution in [-0.2, 0) is 6.54 Å². The molecule has 4 aliphatic carbocycles. The molecule has 1 heterocycles. The number of pyridine rings is 1. The van der Waals surface area contributed by atoms with Crippen LogP contribution in [0.15, 0.2) is 24.5 Å². The van der Waals surface area contributed by atoms with Gasteiger partial charge in [-0.25, -0.2) is 4.79 Å². The van der Waals surface area contributed by atoms with Crippen molar-refractivity contribution < 1.29 is 4.79 Å². The molecular weight excluding hydrogens is 274 g/mol. The molecule has 4 bridgehead atoms. The molecule has 5 rings (SSSR count). The second-order valence-electron chi connectivity index (χ2n) is 7.81. The molecule has 4 aliphatic rings. The van der Waals surface area contributed by atoms with E-state index >= 15 is 0 Å². The summed E-state index contributed by atoms with van der Waals surface area (Å²) in [5.41, 5.74) is 1.49. The fraction of sp³-hybridized carbons (Fsp3) is 0.667. The predicted octanol–water partition coefficient (Wildman–Crippen LogP) is 3.10. The van der Waals surface area contributed by atoms with Crippen molar-refractivity contribution in [3.63, 3.8) is 0 Å². The third kappa shape index (κ3) is 2.83. The van der Waals surface area contributed by atoms with Crippen molar-refractivity contribution in [2.75, 3.05) is 6.54 Å². The summed E-state index contributed by atoms with van der Waals surface area (Å²) in [6.07, 6.45) is 11.9. The quantitative estimate of drug-likeness (QED) is 0.897. The number of aromatic nitrogens is 1. The molecule has 4 fully saturated rings. The second kappa shape index (κ2) is 5.56.